The maximum Gasteiger partial charge on any atom is 0.122 e. The lowest BCUT2D eigenvalue weighted by atomic mass is 9.79. The van der Waals surface area contributed by atoms with E-state index in [1.807, 2.05) is 18.2 Å². The molecule has 0 saturated heterocycles. The van der Waals surface area contributed by atoms with Crippen LogP contribution in [0.3, 0.4) is 0 Å². The van der Waals surface area contributed by atoms with E-state index >= 15 is 0 Å². The van der Waals surface area contributed by atoms with Crippen molar-refractivity contribution in [3.63, 3.8) is 0 Å². The van der Waals surface area contributed by atoms with E-state index in [1.54, 1.807) is 14.2 Å². The van der Waals surface area contributed by atoms with Crippen molar-refractivity contribution in [2.75, 3.05) is 27.3 Å². The van der Waals surface area contributed by atoms with Crippen molar-refractivity contribution in [2.24, 2.45) is 11.5 Å². The van der Waals surface area contributed by atoms with Crippen LogP contribution in [0.4, 0.5) is 0 Å². The van der Waals surface area contributed by atoms with Crippen molar-refractivity contribution in [3.05, 3.63) is 23.8 Å². The van der Waals surface area contributed by atoms with Gasteiger partial charge >= 0.3 is 0 Å². The highest BCUT2D eigenvalue weighted by Crippen LogP contribution is 2.36. The summed E-state index contributed by atoms with van der Waals surface area (Å²) in [6.07, 6.45) is 0.813. The first-order valence-corrected chi connectivity index (χ1v) is 5.74. The van der Waals surface area contributed by atoms with E-state index in [1.165, 1.54) is 0 Å². The summed E-state index contributed by atoms with van der Waals surface area (Å²) in [6.45, 7) is 3.21. The lowest BCUT2D eigenvalue weighted by Gasteiger charge is -2.30. The Bertz CT molecular complexity index is 378. The Kier molecular flexibility index (Phi) is 10.1. The molecule has 0 amide bonds. The fourth-order valence-corrected chi connectivity index (χ4v) is 1.95. The van der Waals surface area contributed by atoms with Gasteiger partial charge in [0.05, 0.1) is 14.2 Å². The Morgan fingerprint density at radius 1 is 1.11 bits per heavy atom. The number of hydrogen-bond donors (Lipinski definition) is 2. The average Bonchev–Trinajstić information content (AvgIpc) is 2.38. The van der Waals surface area contributed by atoms with Crippen LogP contribution in [0.5, 0.6) is 11.5 Å². The third-order valence-electron chi connectivity index (χ3n) is 3.20. The molecule has 19 heavy (non-hydrogen) atoms. The number of nitrogens with two attached hydrogens (primary N) is 2. The first-order chi connectivity index (χ1) is 8.11. The average molecular weight is 311 g/mol. The normalized spacial score (nSPS) is 12.7. The number of hydrogen-bond acceptors (Lipinski definition) is 4. The lowest BCUT2D eigenvalue weighted by Crippen LogP contribution is -2.34. The standard InChI is InChI=1S/C13H22N2O2.2ClH/c1-13(9-15,6-7-14)11-8-10(16-2)4-5-12(11)17-3;;/h4-5,8H,6-7,9,14-15H2,1-3H3;2*1H. The van der Waals surface area contributed by atoms with Gasteiger partial charge in [0.2, 0.25) is 0 Å². The van der Waals surface area contributed by atoms with Crippen LogP contribution in [0.25, 0.3) is 0 Å². The highest BCUT2D eigenvalue weighted by molar-refractivity contribution is 5.85. The second-order valence-electron chi connectivity index (χ2n) is 4.37. The number of methoxy groups -OCH3 is 2. The van der Waals surface area contributed by atoms with Crippen molar-refractivity contribution in [2.45, 2.75) is 18.8 Å². The van der Waals surface area contributed by atoms with Gasteiger partial charge in [0.1, 0.15) is 11.5 Å². The Labute approximate surface area is 127 Å². The molecule has 0 heterocycles. The molecule has 1 rings (SSSR count). The molecule has 112 valence electrons. The number of halogens is 2. The Morgan fingerprint density at radius 2 is 1.74 bits per heavy atom. The molecule has 6 heteroatoms. The van der Waals surface area contributed by atoms with E-state index in [2.05, 4.69) is 6.92 Å². The monoisotopic (exact) mass is 310 g/mol. The summed E-state index contributed by atoms with van der Waals surface area (Å²) in [5.41, 5.74) is 12.4. The van der Waals surface area contributed by atoms with E-state index in [-0.39, 0.29) is 30.2 Å². The van der Waals surface area contributed by atoms with Gasteiger partial charge in [-0.05, 0) is 31.2 Å². The molecule has 4 N–H and O–H groups in total. The SMILES string of the molecule is COc1ccc(OC)c(C(C)(CN)CCN)c1.Cl.Cl. The predicted octanol–water partition coefficient (Wildman–Crippen LogP) is 2.11. The zero-order chi connectivity index (χ0) is 12.9. The first kappa shape index (κ1) is 20.6. The zero-order valence-electron chi connectivity index (χ0n) is 11.6. The van der Waals surface area contributed by atoms with Crippen LogP contribution in [0.2, 0.25) is 0 Å². The fraction of sp³-hybridized carbons (Fsp3) is 0.538. The minimum atomic E-state index is -0.186. The minimum Gasteiger partial charge on any atom is -0.497 e. The van der Waals surface area contributed by atoms with Crippen LogP contribution in [0.15, 0.2) is 18.2 Å². The highest BCUT2D eigenvalue weighted by Gasteiger charge is 2.28. The second kappa shape index (κ2) is 9.26. The van der Waals surface area contributed by atoms with Crippen LogP contribution < -0.4 is 20.9 Å². The maximum absolute atomic E-state index is 5.89. The molecule has 0 aliphatic rings. The number of rotatable bonds is 6. The summed E-state index contributed by atoms with van der Waals surface area (Å²) < 4.78 is 10.6. The summed E-state index contributed by atoms with van der Waals surface area (Å²) >= 11 is 0. The van der Waals surface area contributed by atoms with Gasteiger partial charge in [0.15, 0.2) is 0 Å². The molecular weight excluding hydrogens is 287 g/mol. The lowest BCUT2D eigenvalue weighted by molar-refractivity contribution is 0.371. The van der Waals surface area contributed by atoms with Gasteiger partial charge in [0, 0.05) is 17.5 Å². The predicted molar refractivity (Wildman–Crippen MR) is 84.1 cm³/mol. The zero-order valence-corrected chi connectivity index (χ0v) is 13.3. The van der Waals surface area contributed by atoms with Crippen molar-refractivity contribution in [1.82, 2.24) is 0 Å². The van der Waals surface area contributed by atoms with Crippen LogP contribution in [-0.4, -0.2) is 27.3 Å². The van der Waals surface area contributed by atoms with Gasteiger partial charge in [0.25, 0.3) is 0 Å². The summed E-state index contributed by atoms with van der Waals surface area (Å²) in [5, 5.41) is 0. The van der Waals surface area contributed by atoms with E-state index in [9.17, 15) is 0 Å². The van der Waals surface area contributed by atoms with E-state index in [0.717, 1.165) is 23.5 Å². The van der Waals surface area contributed by atoms with Gasteiger partial charge in [-0.2, -0.15) is 0 Å². The third-order valence-corrected chi connectivity index (χ3v) is 3.20. The van der Waals surface area contributed by atoms with Gasteiger partial charge in [-0.25, -0.2) is 0 Å². The molecule has 0 saturated carbocycles. The molecule has 1 aromatic carbocycles. The first-order valence-electron chi connectivity index (χ1n) is 5.74. The van der Waals surface area contributed by atoms with Crippen LogP contribution in [0, 0.1) is 0 Å². The van der Waals surface area contributed by atoms with Crippen LogP contribution >= 0.6 is 24.8 Å². The Morgan fingerprint density at radius 3 is 2.16 bits per heavy atom. The van der Waals surface area contributed by atoms with Crippen molar-refractivity contribution < 1.29 is 9.47 Å². The van der Waals surface area contributed by atoms with E-state index in [0.29, 0.717) is 13.1 Å². The summed E-state index contributed by atoms with van der Waals surface area (Å²) in [7, 11) is 3.30. The molecule has 1 unspecified atom stereocenters. The molecule has 4 nitrogen and oxygen atoms in total. The largest absolute Gasteiger partial charge is 0.497 e. The van der Waals surface area contributed by atoms with E-state index in [4.69, 9.17) is 20.9 Å². The van der Waals surface area contributed by atoms with E-state index < -0.39 is 0 Å². The quantitative estimate of drug-likeness (QED) is 0.844. The molecule has 0 aliphatic carbocycles. The molecule has 0 spiro atoms. The molecule has 0 fully saturated rings. The smallest absolute Gasteiger partial charge is 0.122 e. The molecule has 1 aromatic rings. The number of ether oxygens (including phenoxy) is 2. The minimum absolute atomic E-state index is 0. The molecule has 0 aliphatic heterocycles. The summed E-state index contributed by atoms with van der Waals surface area (Å²) in [5.74, 6) is 1.63. The molecule has 0 radical (unpaired) electrons. The van der Waals surface area contributed by atoms with Crippen molar-refractivity contribution in [3.8, 4) is 11.5 Å². The van der Waals surface area contributed by atoms with Gasteiger partial charge in [-0.1, -0.05) is 6.92 Å². The van der Waals surface area contributed by atoms with Crippen molar-refractivity contribution >= 4 is 24.8 Å². The number of benzene rings is 1. The maximum atomic E-state index is 5.89. The summed E-state index contributed by atoms with van der Waals surface area (Å²) in [4.78, 5) is 0. The second-order valence-corrected chi connectivity index (χ2v) is 4.37. The fourth-order valence-electron chi connectivity index (χ4n) is 1.95. The highest BCUT2D eigenvalue weighted by atomic mass is 35.5. The van der Waals surface area contributed by atoms with Crippen LogP contribution in [0.1, 0.15) is 18.9 Å². The summed E-state index contributed by atoms with van der Waals surface area (Å²) in [6, 6.07) is 5.75. The molecule has 1 atom stereocenters. The Balaban J connectivity index is 0. The van der Waals surface area contributed by atoms with Gasteiger partial charge < -0.3 is 20.9 Å². The molecular formula is C13H24Cl2N2O2. The Hall–Kier alpha value is -0.680. The van der Waals surface area contributed by atoms with Crippen LogP contribution in [-0.2, 0) is 5.41 Å². The molecule has 0 aromatic heterocycles. The third kappa shape index (κ3) is 4.73. The topological polar surface area (TPSA) is 70.5 Å². The van der Waals surface area contributed by atoms with Crippen molar-refractivity contribution in [1.29, 1.82) is 0 Å². The van der Waals surface area contributed by atoms with Gasteiger partial charge in [-0.3, -0.25) is 0 Å². The van der Waals surface area contributed by atoms with Gasteiger partial charge in [-0.15, -0.1) is 24.8 Å². The molecule has 0 bridgehead atoms.